The molecule has 0 aromatic rings. The first kappa shape index (κ1) is 8.23. The molecule has 0 aromatic heterocycles. The van der Waals surface area contributed by atoms with E-state index in [1.807, 2.05) is 0 Å². The van der Waals surface area contributed by atoms with Crippen LogP contribution >= 0.6 is 0 Å². The fourth-order valence-corrected chi connectivity index (χ4v) is 0.460. The third-order valence-corrected chi connectivity index (χ3v) is 0.962. The molecule has 9 heavy (non-hydrogen) atoms. The summed E-state index contributed by atoms with van der Waals surface area (Å²) in [4.78, 5) is 19.4. The van der Waals surface area contributed by atoms with Crippen LogP contribution in [0.15, 0.2) is 5.18 Å². The highest BCUT2D eigenvalue weighted by Gasteiger charge is 1.97. The molecular formula is C5H10N2O2. The van der Waals surface area contributed by atoms with E-state index in [-0.39, 0.29) is 6.54 Å². The summed E-state index contributed by atoms with van der Waals surface area (Å²) >= 11 is 0. The smallest absolute Gasteiger partial charge is 0.136 e. The van der Waals surface area contributed by atoms with Crippen molar-refractivity contribution in [3.63, 3.8) is 0 Å². The molecule has 0 radical (unpaired) electrons. The van der Waals surface area contributed by atoms with Gasteiger partial charge >= 0.3 is 0 Å². The van der Waals surface area contributed by atoms with Gasteiger partial charge in [0.2, 0.25) is 0 Å². The fourth-order valence-electron chi connectivity index (χ4n) is 0.460. The number of nitrogens with two attached hydrogens (primary N) is 1. The summed E-state index contributed by atoms with van der Waals surface area (Å²) in [5.41, 5.74) is 5.20. The molecule has 0 aliphatic rings. The van der Waals surface area contributed by atoms with Gasteiger partial charge < -0.3 is 10.5 Å². The molecule has 0 rings (SSSR count). The van der Waals surface area contributed by atoms with Gasteiger partial charge in [0.05, 0.1) is 12.6 Å². The molecule has 0 fully saturated rings. The van der Waals surface area contributed by atoms with E-state index in [2.05, 4.69) is 5.18 Å². The lowest BCUT2D eigenvalue weighted by Crippen LogP contribution is -2.21. The number of aldehydes is 1. The molecule has 0 saturated carbocycles. The second-order valence-electron chi connectivity index (χ2n) is 1.79. The van der Waals surface area contributed by atoms with Gasteiger partial charge in [0.1, 0.15) is 6.29 Å². The van der Waals surface area contributed by atoms with Crippen LogP contribution in [0.5, 0.6) is 0 Å². The van der Waals surface area contributed by atoms with Crippen molar-refractivity contribution in [3.8, 4) is 0 Å². The predicted octanol–water partition coefficient (Wildman–Crippen LogP) is 0.0592. The van der Waals surface area contributed by atoms with Crippen molar-refractivity contribution in [2.45, 2.75) is 18.9 Å². The van der Waals surface area contributed by atoms with E-state index in [1.165, 1.54) is 0 Å². The standard InChI is InChI=1S/C5H10N2O2/c6-5(4-8)2-1-3-7-9/h4-5H,1-3,6H2. The van der Waals surface area contributed by atoms with Crippen LogP contribution in [0.4, 0.5) is 0 Å². The number of rotatable bonds is 5. The predicted molar refractivity (Wildman–Crippen MR) is 33.9 cm³/mol. The Kier molecular flexibility index (Phi) is 4.91. The van der Waals surface area contributed by atoms with Crippen LogP contribution < -0.4 is 5.73 Å². The van der Waals surface area contributed by atoms with E-state index in [0.29, 0.717) is 19.1 Å². The zero-order valence-electron chi connectivity index (χ0n) is 5.12. The van der Waals surface area contributed by atoms with Gasteiger partial charge in [-0.15, -0.1) is 0 Å². The van der Waals surface area contributed by atoms with E-state index < -0.39 is 6.04 Å². The van der Waals surface area contributed by atoms with Crippen LogP contribution in [-0.2, 0) is 4.79 Å². The summed E-state index contributed by atoms with van der Waals surface area (Å²) in [6.45, 7) is 0.252. The first-order chi connectivity index (χ1) is 4.31. The van der Waals surface area contributed by atoms with Gasteiger partial charge in [-0.3, -0.25) is 0 Å². The third-order valence-electron chi connectivity index (χ3n) is 0.962. The normalized spacial score (nSPS) is 12.6. The minimum absolute atomic E-state index is 0.252. The Bertz CT molecular complexity index is 95.0. The Hall–Kier alpha value is -0.770. The zero-order chi connectivity index (χ0) is 7.11. The van der Waals surface area contributed by atoms with E-state index >= 15 is 0 Å². The fraction of sp³-hybridized carbons (Fsp3) is 0.800. The molecule has 0 saturated heterocycles. The lowest BCUT2D eigenvalue weighted by atomic mass is 10.2. The molecule has 0 aromatic carbocycles. The molecule has 0 spiro atoms. The number of nitroso groups, excluding NO2 is 1. The summed E-state index contributed by atoms with van der Waals surface area (Å²) in [7, 11) is 0. The highest BCUT2D eigenvalue weighted by atomic mass is 16.3. The van der Waals surface area contributed by atoms with Crippen molar-refractivity contribution in [3.05, 3.63) is 4.91 Å². The topological polar surface area (TPSA) is 72.5 Å². The number of hydrogen-bond donors (Lipinski definition) is 1. The third kappa shape index (κ3) is 5.10. The number of hydrogen-bond acceptors (Lipinski definition) is 4. The van der Waals surface area contributed by atoms with E-state index in [4.69, 9.17) is 5.73 Å². The maximum Gasteiger partial charge on any atom is 0.136 e. The average molecular weight is 130 g/mol. The zero-order valence-corrected chi connectivity index (χ0v) is 5.12. The maximum atomic E-state index is 9.87. The van der Waals surface area contributed by atoms with Gasteiger partial charge in [-0.25, -0.2) is 0 Å². The minimum atomic E-state index is -0.424. The average Bonchev–Trinajstić information content (AvgIpc) is 1.89. The monoisotopic (exact) mass is 130 g/mol. The van der Waals surface area contributed by atoms with Crippen LogP contribution in [0, 0.1) is 4.91 Å². The highest BCUT2D eigenvalue weighted by molar-refractivity contribution is 5.56. The molecule has 0 bridgehead atoms. The van der Waals surface area contributed by atoms with Crippen LogP contribution in [-0.4, -0.2) is 18.9 Å². The lowest BCUT2D eigenvalue weighted by molar-refractivity contribution is -0.109. The van der Waals surface area contributed by atoms with Crippen molar-refractivity contribution in [2.75, 3.05) is 6.54 Å². The SMILES string of the molecule is NC(C=O)CCCN=O. The van der Waals surface area contributed by atoms with Crippen molar-refractivity contribution in [2.24, 2.45) is 10.9 Å². The Balaban J connectivity index is 3.05. The molecular weight excluding hydrogens is 120 g/mol. The second-order valence-corrected chi connectivity index (χ2v) is 1.79. The summed E-state index contributed by atoms with van der Waals surface area (Å²) < 4.78 is 0. The largest absolute Gasteiger partial charge is 0.322 e. The highest BCUT2D eigenvalue weighted by Crippen LogP contribution is 1.90. The summed E-state index contributed by atoms with van der Waals surface area (Å²) in [5.74, 6) is 0. The molecule has 4 heteroatoms. The lowest BCUT2D eigenvalue weighted by Gasteiger charge is -1.97. The maximum absolute atomic E-state index is 9.87. The molecule has 0 heterocycles. The Morgan fingerprint density at radius 1 is 1.67 bits per heavy atom. The van der Waals surface area contributed by atoms with Crippen molar-refractivity contribution in [1.29, 1.82) is 0 Å². The van der Waals surface area contributed by atoms with Gasteiger partial charge in [0, 0.05) is 0 Å². The van der Waals surface area contributed by atoms with Gasteiger partial charge in [-0.05, 0) is 12.8 Å². The van der Waals surface area contributed by atoms with Crippen molar-refractivity contribution in [1.82, 2.24) is 0 Å². The van der Waals surface area contributed by atoms with Gasteiger partial charge in [0.25, 0.3) is 0 Å². The van der Waals surface area contributed by atoms with Crippen molar-refractivity contribution >= 4 is 6.29 Å². The summed E-state index contributed by atoms with van der Waals surface area (Å²) in [6.07, 6.45) is 1.82. The van der Waals surface area contributed by atoms with Crippen LogP contribution in [0.2, 0.25) is 0 Å². The summed E-state index contributed by atoms with van der Waals surface area (Å²) in [6, 6.07) is -0.424. The van der Waals surface area contributed by atoms with Crippen LogP contribution in [0.3, 0.4) is 0 Å². The Labute approximate surface area is 53.4 Å². The van der Waals surface area contributed by atoms with Crippen LogP contribution in [0.1, 0.15) is 12.8 Å². The van der Waals surface area contributed by atoms with Gasteiger partial charge in [-0.2, -0.15) is 4.91 Å². The van der Waals surface area contributed by atoms with Gasteiger partial charge in [0.15, 0.2) is 0 Å². The van der Waals surface area contributed by atoms with E-state index in [1.54, 1.807) is 0 Å². The molecule has 1 atom stereocenters. The van der Waals surface area contributed by atoms with E-state index in [9.17, 15) is 9.70 Å². The molecule has 4 nitrogen and oxygen atoms in total. The second kappa shape index (κ2) is 5.37. The number of nitrogens with zero attached hydrogens (tertiary/aromatic N) is 1. The first-order valence-electron chi connectivity index (χ1n) is 2.81. The molecule has 0 amide bonds. The molecule has 0 aliphatic heterocycles. The van der Waals surface area contributed by atoms with Crippen molar-refractivity contribution < 1.29 is 4.79 Å². The number of carbonyl (C=O) groups excluding carboxylic acids is 1. The van der Waals surface area contributed by atoms with Gasteiger partial charge in [-0.1, -0.05) is 5.18 Å². The molecule has 2 N–H and O–H groups in total. The molecule has 52 valence electrons. The quantitative estimate of drug-likeness (QED) is 0.325. The molecule has 1 unspecified atom stereocenters. The molecule has 0 aliphatic carbocycles. The van der Waals surface area contributed by atoms with Crippen LogP contribution in [0.25, 0.3) is 0 Å². The van der Waals surface area contributed by atoms with E-state index in [0.717, 1.165) is 0 Å². The number of carbonyl (C=O) groups is 1. The summed E-state index contributed by atoms with van der Waals surface area (Å²) in [5, 5.41) is 2.62. The Morgan fingerprint density at radius 3 is 2.78 bits per heavy atom. The Morgan fingerprint density at radius 2 is 2.33 bits per heavy atom. The first-order valence-corrected chi connectivity index (χ1v) is 2.81. The minimum Gasteiger partial charge on any atom is -0.322 e.